The number of hydrogen-bond acceptors (Lipinski definition) is 3. The molecule has 0 aliphatic rings. The van der Waals surface area contributed by atoms with Crippen LogP contribution in [0.5, 0.6) is 0 Å². The topological polar surface area (TPSA) is 55.9 Å². The summed E-state index contributed by atoms with van der Waals surface area (Å²) in [5.74, 6) is 0.312. The van der Waals surface area contributed by atoms with Crippen molar-refractivity contribution in [2.24, 2.45) is 0 Å². The van der Waals surface area contributed by atoms with Crippen molar-refractivity contribution in [2.75, 3.05) is 12.8 Å². The third-order valence-electron chi connectivity index (χ3n) is 7.46. The van der Waals surface area contributed by atoms with Crippen LogP contribution >= 0.6 is 7.92 Å². The first-order valence-corrected chi connectivity index (χ1v) is 15.4. The highest BCUT2D eigenvalue weighted by Gasteiger charge is 2.23. The molecular formula is C32H37N4OP. The van der Waals surface area contributed by atoms with Crippen LogP contribution < -0.4 is 5.30 Å². The summed E-state index contributed by atoms with van der Waals surface area (Å²) in [5, 5.41) is 23.3. The van der Waals surface area contributed by atoms with E-state index >= 15 is 0 Å². The molecule has 5 rings (SSSR count). The zero-order valence-electron chi connectivity index (χ0n) is 23.2. The number of fused-ring (bicyclic) bond motifs is 1. The van der Waals surface area contributed by atoms with Gasteiger partial charge in [0.2, 0.25) is 0 Å². The van der Waals surface area contributed by atoms with E-state index in [1.807, 2.05) is 47.3 Å². The van der Waals surface area contributed by atoms with Crippen molar-refractivity contribution in [3.63, 3.8) is 0 Å². The van der Waals surface area contributed by atoms with E-state index in [2.05, 4.69) is 76.3 Å². The lowest BCUT2D eigenvalue weighted by Gasteiger charge is -2.14. The summed E-state index contributed by atoms with van der Waals surface area (Å²) in [7, 11) is -0.122. The number of benzene rings is 3. The summed E-state index contributed by atoms with van der Waals surface area (Å²) in [6.45, 7) is 13.8. The lowest BCUT2D eigenvalue weighted by atomic mass is 9.95. The number of rotatable bonds is 8. The number of nitrogens with zero attached hydrogens (tertiary/aromatic N) is 4. The maximum Gasteiger partial charge on any atom is 0.0985 e. The van der Waals surface area contributed by atoms with Crippen molar-refractivity contribution in [2.45, 2.75) is 53.2 Å². The molecule has 2 atom stereocenters. The normalized spacial score (nSPS) is 13.4. The summed E-state index contributed by atoms with van der Waals surface area (Å²) in [4.78, 5) is 0. The third-order valence-corrected chi connectivity index (χ3v) is 9.57. The van der Waals surface area contributed by atoms with Gasteiger partial charge in [-0.1, -0.05) is 77.2 Å². The van der Waals surface area contributed by atoms with Crippen LogP contribution in [0.15, 0.2) is 72.9 Å². The van der Waals surface area contributed by atoms with Crippen molar-refractivity contribution in [1.29, 1.82) is 0 Å². The monoisotopic (exact) mass is 524 g/mol. The molecule has 5 aromatic rings. The van der Waals surface area contributed by atoms with E-state index in [9.17, 15) is 5.11 Å². The van der Waals surface area contributed by atoms with Gasteiger partial charge in [-0.15, -0.1) is 0 Å². The van der Waals surface area contributed by atoms with E-state index in [4.69, 9.17) is 10.2 Å². The Morgan fingerprint density at radius 3 is 2.39 bits per heavy atom. The molecule has 5 nitrogen and oxygen atoms in total. The third kappa shape index (κ3) is 4.93. The molecule has 0 bridgehead atoms. The highest BCUT2D eigenvalue weighted by molar-refractivity contribution is 7.64. The minimum absolute atomic E-state index is 0.122. The molecule has 196 valence electrons. The largest absolute Gasteiger partial charge is 0.386 e. The van der Waals surface area contributed by atoms with Gasteiger partial charge in [0, 0.05) is 28.4 Å². The second kappa shape index (κ2) is 10.8. The van der Waals surface area contributed by atoms with Crippen molar-refractivity contribution in [3.05, 3.63) is 95.3 Å². The molecule has 3 aromatic carbocycles. The molecule has 1 N–H and O–H groups in total. The lowest BCUT2D eigenvalue weighted by molar-refractivity contribution is 0.152. The smallest absolute Gasteiger partial charge is 0.0985 e. The standard InChI is InChI=1S/C32H37N4OP/c1-7-38(6)25-16-17-29(22(4)18-25)36-23(5)31(21(2)3)32(34-36)26-14-11-15-28-27(26)19-35(33-28)20-30(37)24-12-9-8-10-13-24/h8-19,21,30,37H,7,20H2,1-6H3. The second-order valence-electron chi connectivity index (χ2n) is 10.4. The molecule has 0 saturated heterocycles. The zero-order chi connectivity index (χ0) is 27.0. The average molecular weight is 525 g/mol. The molecule has 0 radical (unpaired) electrons. The fourth-order valence-corrected chi connectivity index (χ4v) is 6.39. The predicted molar refractivity (Wildman–Crippen MR) is 160 cm³/mol. The van der Waals surface area contributed by atoms with Crippen LogP contribution in [-0.4, -0.2) is 37.5 Å². The number of aliphatic hydroxyl groups excluding tert-OH is 1. The van der Waals surface area contributed by atoms with Crippen LogP contribution in [0, 0.1) is 13.8 Å². The minimum Gasteiger partial charge on any atom is -0.386 e. The van der Waals surface area contributed by atoms with E-state index < -0.39 is 6.10 Å². The van der Waals surface area contributed by atoms with Crippen LogP contribution in [0.4, 0.5) is 0 Å². The number of aromatic nitrogens is 4. The second-order valence-corrected chi connectivity index (χ2v) is 13.0. The summed E-state index contributed by atoms with van der Waals surface area (Å²) in [6, 6.07) is 22.8. The summed E-state index contributed by atoms with van der Waals surface area (Å²) in [5.41, 5.74) is 8.67. The number of aliphatic hydroxyl groups is 1. The molecule has 0 saturated carbocycles. The van der Waals surface area contributed by atoms with Gasteiger partial charge in [-0.2, -0.15) is 10.2 Å². The molecular weight excluding hydrogens is 487 g/mol. The van der Waals surface area contributed by atoms with Gasteiger partial charge in [0.25, 0.3) is 0 Å². The first-order valence-electron chi connectivity index (χ1n) is 13.4. The SMILES string of the molecule is CCP(C)c1ccc(-n2nc(-c3cccc4nn(CC(O)c5ccccc5)cc34)c(C(C)C)c2C)c(C)c1. The highest BCUT2D eigenvalue weighted by Crippen LogP contribution is 2.37. The maximum absolute atomic E-state index is 10.8. The van der Waals surface area contributed by atoms with Gasteiger partial charge in [0.1, 0.15) is 0 Å². The molecule has 0 amide bonds. The van der Waals surface area contributed by atoms with Crippen molar-refractivity contribution < 1.29 is 5.11 Å². The van der Waals surface area contributed by atoms with Gasteiger partial charge in [-0.05, 0) is 67.2 Å². The Kier molecular flexibility index (Phi) is 7.52. The van der Waals surface area contributed by atoms with E-state index in [0.717, 1.165) is 33.4 Å². The lowest BCUT2D eigenvalue weighted by Crippen LogP contribution is -2.08. The molecule has 2 aromatic heterocycles. The Balaban J connectivity index is 1.58. The van der Waals surface area contributed by atoms with Crippen molar-refractivity contribution >= 4 is 24.1 Å². The first kappa shape index (κ1) is 26.3. The fourth-order valence-electron chi connectivity index (χ4n) is 5.29. The summed E-state index contributed by atoms with van der Waals surface area (Å²) < 4.78 is 3.97. The fraction of sp³-hybridized carbons (Fsp3) is 0.312. The van der Waals surface area contributed by atoms with Gasteiger partial charge in [-0.3, -0.25) is 4.68 Å². The van der Waals surface area contributed by atoms with Gasteiger partial charge in [0.15, 0.2) is 0 Å². The van der Waals surface area contributed by atoms with Gasteiger partial charge in [0.05, 0.1) is 29.5 Å². The molecule has 2 unspecified atom stereocenters. The van der Waals surface area contributed by atoms with E-state index in [0.29, 0.717) is 12.5 Å². The van der Waals surface area contributed by atoms with Crippen molar-refractivity contribution in [1.82, 2.24) is 19.6 Å². The molecule has 6 heteroatoms. The van der Waals surface area contributed by atoms with Crippen molar-refractivity contribution in [3.8, 4) is 16.9 Å². The minimum atomic E-state index is -0.621. The Morgan fingerprint density at radius 1 is 0.947 bits per heavy atom. The number of hydrogen-bond donors (Lipinski definition) is 1. The van der Waals surface area contributed by atoms with Gasteiger partial charge < -0.3 is 5.11 Å². The Hall–Kier alpha value is -3.27. The number of aryl methyl sites for hydroxylation is 1. The summed E-state index contributed by atoms with van der Waals surface area (Å²) >= 11 is 0. The Bertz CT molecular complexity index is 1570. The van der Waals surface area contributed by atoms with Crippen LogP contribution in [0.1, 0.15) is 55.2 Å². The van der Waals surface area contributed by atoms with Gasteiger partial charge in [-0.25, -0.2) is 4.68 Å². The maximum atomic E-state index is 10.8. The molecule has 0 aliphatic heterocycles. The van der Waals surface area contributed by atoms with Gasteiger partial charge >= 0.3 is 0 Å². The highest BCUT2D eigenvalue weighted by atomic mass is 31.1. The van der Waals surface area contributed by atoms with E-state index in [1.165, 1.54) is 28.3 Å². The molecule has 2 heterocycles. The Morgan fingerprint density at radius 2 is 1.71 bits per heavy atom. The molecule has 38 heavy (non-hydrogen) atoms. The van der Waals surface area contributed by atoms with E-state index in [1.54, 1.807) is 0 Å². The molecule has 0 aliphatic carbocycles. The predicted octanol–water partition coefficient (Wildman–Crippen LogP) is 7.12. The average Bonchev–Trinajstić information content (AvgIpc) is 3.48. The Labute approximate surface area is 226 Å². The molecule has 0 spiro atoms. The van der Waals surface area contributed by atoms with Crippen LogP contribution in [-0.2, 0) is 6.54 Å². The van der Waals surface area contributed by atoms with Crippen LogP contribution in [0.2, 0.25) is 0 Å². The van der Waals surface area contributed by atoms with Crippen LogP contribution in [0.25, 0.3) is 27.8 Å². The van der Waals surface area contributed by atoms with Crippen LogP contribution in [0.3, 0.4) is 0 Å². The zero-order valence-corrected chi connectivity index (χ0v) is 24.1. The quantitative estimate of drug-likeness (QED) is 0.220. The first-order chi connectivity index (χ1) is 18.3. The van der Waals surface area contributed by atoms with E-state index in [-0.39, 0.29) is 7.92 Å². The summed E-state index contributed by atoms with van der Waals surface area (Å²) in [6.07, 6.45) is 2.62. The molecule has 0 fully saturated rings.